The lowest BCUT2D eigenvalue weighted by Gasteiger charge is -2.29. The number of pyridine rings is 1. The van der Waals surface area contributed by atoms with Crippen molar-refractivity contribution in [2.24, 2.45) is 10.7 Å². The van der Waals surface area contributed by atoms with Crippen LogP contribution in [0.25, 0.3) is 0 Å². The van der Waals surface area contributed by atoms with Crippen molar-refractivity contribution < 1.29 is 4.39 Å². The quantitative estimate of drug-likeness (QED) is 0.682. The SMILES string of the molecule is NC1=NC(c2cccc(Br)c2)(c2ccnc(F)c2)c2ccccc21. The van der Waals surface area contributed by atoms with Gasteiger partial charge in [-0.1, -0.05) is 52.3 Å². The monoisotopic (exact) mass is 381 g/mol. The van der Waals surface area contributed by atoms with E-state index in [0.29, 0.717) is 11.4 Å². The maximum absolute atomic E-state index is 13.9. The molecule has 1 aliphatic heterocycles. The summed E-state index contributed by atoms with van der Waals surface area (Å²) in [7, 11) is 0. The van der Waals surface area contributed by atoms with Crippen LogP contribution in [0.5, 0.6) is 0 Å². The number of halogens is 2. The minimum absolute atomic E-state index is 0.447. The fourth-order valence-electron chi connectivity index (χ4n) is 3.27. The topological polar surface area (TPSA) is 51.3 Å². The summed E-state index contributed by atoms with van der Waals surface area (Å²) in [5.74, 6) is -0.0946. The number of benzene rings is 2. The molecule has 1 aliphatic rings. The summed E-state index contributed by atoms with van der Waals surface area (Å²) in [5, 5.41) is 0. The zero-order valence-corrected chi connectivity index (χ0v) is 14.2. The Balaban J connectivity index is 2.10. The van der Waals surface area contributed by atoms with Crippen LogP contribution in [0.1, 0.15) is 22.3 Å². The molecule has 3 aromatic rings. The van der Waals surface area contributed by atoms with Gasteiger partial charge in [-0.15, -0.1) is 0 Å². The third-order valence-electron chi connectivity index (χ3n) is 4.27. The molecule has 0 saturated heterocycles. The predicted octanol–water partition coefficient (Wildman–Crippen LogP) is 3.99. The number of aromatic nitrogens is 1. The van der Waals surface area contributed by atoms with Crippen LogP contribution in [0.2, 0.25) is 0 Å². The van der Waals surface area contributed by atoms with Crippen LogP contribution in [0.3, 0.4) is 0 Å². The highest BCUT2D eigenvalue weighted by atomic mass is 79.9. The molecule has 5 heteroatoms. The second-order valence-electron chi connectivity index (χ2n) is 5.63. The molecule has 118 valence electrons. The van der Waals surface area contributed by atoms with Crippen molar-refractivity contribution in [1.82, 2.24) is 4.98 Å². The van der Waals surface area contributed by atoms with Gasteiger partial charge in [0.2, 0.25) is 5.95 Å². The lowest BCUT2D eigenvalue weighted by Crippen LogP contribution is -2.25. The summed E-state index contributed by atoms with van der Waals surface area (Å²) in [4.78, 5) is 8.46. The molecule has 4 rings (SSSR count). The van der Waals surface area contributed by atoms with Gasteiger partial charge in [-0.05, 0) is 41.0 Å². The molecule has 0 bridgehead atoms. The number of nitrogens with zero attached hydrogens (tertiary/aromatic N) is 2. The van der Waals surface area contributed by atoms with Gasteiger partial charge in [0, 0.05) is 16.2 Å². The maximum atomic E-state index is 13.9. The molecule has 0 aliphatic carbocycles. The van der Waals surface area contributed by atoms with Gasteiger partial charge in [0.25, 0.3) is 0 Å². The molecule has 2 heterocycles. The van der Waals surface area contributed by atoms with Crippen molar-refractivity contribution in [3.63, 3.8) is 0 Å². The third kappa shape index (κ3) is 2.16. The molecule has 2 aromatic carbocycles. The Morgan fingerprint density at radius 1 is 0.958 bits per heavy atom. The van der Waals surface area contributed by atoms with Gasteiger partial charge in [-0.2, -0.15) is 4.39 Å². The maximum Gasteiger partial charge on any atom is 0.213 e. The molecule has 1 aromatic heterocycles. The van der Waals surface area contributed by atoms with Crippen LogP contribution in [-0.2, 0) is 5.54 Å². The average Bonchev–Trinajstić information content (AvgIpc) is 2.89. The van der Waals surface area contributed by atoms with E-state index in [1.54, 1.807) is 6.07 Å². The molecule has 1 atom stereocenters. The molecule has 1 unspecified atom stereocenters. The molecular weight excluding hydrogens is 369 g/mol. The zero-order chi connectivity index (χ0) is 16.7. The van der Waals surface area contributed by atoms with E-state index >= 15 is 0 Å². The third-order valence-corrected chi connectivity index (χ3v) is 4.76. The van der Waals surface area contributed by atoms with Gasteiger partial charge in [0.1, 0.15) is 11.4 Å². The molecule has 0 saturated carbocycles. The van der Waals surface area contributed by atoms with Gasteiger partial charge in [0.05, 0.1) is 0 Å². The molecular formula is C19H13BrFN3. The van der Waals surface area contributed by atoms with E-state index in [0.717, 1.165) is 21.2 Å². The number of hydrogen-bond donors (Lipinski definition) is 1. The average molecular weight is 382 g/mol. The number of fused-ring (bicyclic) bond motifs is 1. The van der Waals surface area contributed by atoms with Crippen molar-refractivity contribution >= 4 is 21.8 Å². The Hall–Kier alpha value is -2.53. The molecule has 3 nitrogen and oxygen atoms in total. The highest BCUT2D eigenvalue weighted by Crippen LogP contribution is 2.46. The summed E-state index contributed by atoms with van der Waals surface area (Å²) in [6.45, 7) is 0. The normalized spacial score (nSPS) is 19.0. The van der Waals surface area contributed by atoms with Crippen molar-refractivity contribution in [2.75, 3.05) is 0 Å². The van der Waals surface area contributed by atoms with E-state index in [4.69, 9.17) is 10.7 Å². The second-order valence-corrected chi connectivity index (χ2v) is 6.55. The van der Waals surface area contributed by atoms with Crippen LogP contribution in [0, 0.1) is 5.95 Å². The fourth-order valence-corrected chi connectivity index (χ4v) is 3.67. The zero-order valence-electron chi connectivity index (χ0n) is 12.6. The largest absolute Gasteiger partial charge is 0.383 e. The van der Waals surface area contributed by atoms with Crippen molar-refractivity contribution in [3.05, 3.63) is 99.5 Å². The van der Waals surface area contributed by atoms with E-state index in [2.05, 4.69) is 20.9 Å². The molecule has 0 radical (unpaired) electrons. The number of nitrogens with two attached hydrogens (primary N) is 1. The van der Waals surface area contributed by atoms with Crippen LogP contribution in [-0.4, -0.2) is 10.8 Å². The van der Waals surface area contributed by atoms with Crippen molar-refractivity contribution in [1.29, 1.82) is 0 Å². The minimum atomic E-state index is -0.881. The Morgan fingerprint density at radius 3 is 2.54 bits per heavy atom. The summed E-state index contributed by atoms with van der Waals surface area (Å²) in [6, 6.07) is 18.8. The van der Waals surface area contributed by atoms with E-state index in [1.807, 2.05) is 48.5 Å². The lowest BCUT2D eigenvalue weighted by atomic mass is 9.78. The van der Waals surface area contributed by atoms with Gasteiger partial charge in [0.15, 0.2) is 0 Å². The lowest BCUT2D eigenvalue weighted by molar-refractivity contribution is 0.571. The van der Waals surface area contributed by atoms with Gasteiger partial charge < -0.3 is 5.73 Å². The van der Waals surface area contributed by atoms with Crippen LogP contribution >= 0.6 is 15.9 Å². The highest BCUT2D eigenvalue weighted by molar-refractivity contribution is 9.10. The van der Waals surface area contributed by atoms with Gasteiger partial charge >= 0.3 is 0 Å². The number of rotatable bonds is 2. The first-order valence-corrected chi connectivity index (χ1v) is 8.24. The van der Waals surface area contributed by atoms with E-state index in [-0.39, 0.29) is 0 Å². The van der Waals surface area contributed by atoms with Gasteiger partial charge in [-0.25, -0.2) is 9.98 Å². The Bertz CT molecular complexity index is 923. The van der Waals surface area contributed by atoms with E-state index in [9.17, 15) is 4.39 Å². The number of hydrogen-bond acceptors (Lipinski definition) is 3. The number of aliphatic imine (C=N–C) groups is 1. The van der Waals surface area contributed by atoms with Crippen molar-refractivity contribution in [2.45, 2.75) is 5.54 Å². The molecule has 0 fully saturated rings. The summed E-state index contributed by atoms with van der Waals surface area (Å²) >= 11 is 3.51. The number of amidine groups is 1. The molecule has 0 spiro atoms. The van der Waals surface area contributed by atoms with Crippen LogP contribution in [0.4, 0.5) is 4.39 Å². The first-order valence-electron chi connectivity index (χ1n) is 7.44. The van der Waals surface area contributed by atoms with Crippen molar-refractivity contribution in [3.8, 4) is 0 Å². The summed E-state index contributed by atoms with van der Waals surface area (Å²) < 4.78 is 14.8. The smallest absolute Gasteiger partial charge is 0.213 e. The van der Waals surface area contributed by atoms with Crippen LogP contribution < -0.4 is 5.73 Å². The Kier molecular flexibility index (Phi) is 3.46. The van der Waals surface area contributed by atoms with E-state index in [1.165, 1.54) is 12.3 Å². The first-order chi connectivity index (χ1) is 11.6. The van der Waals surface area contributed by atoms with Gasteiger partial charge in [-0.3, -0.25) is 0 Å². The first kappa shape index (κ1) is 15.0. The summed E-state index contributed by atoms with van der Waals surface area (Å²) in [6.07, 6.45) is 1.46. The predicted molar refractivity (Wildman–Crippen MR) is 95.4 cm³/mol. The second kappa shape index (κ2) is 5.53. The highest BCUT2D eigenvalue weighted by Gasteiger charge is 2.43. The standard InChI is InChI=1S/C19H13BrFN3/c20-14-5-3-4-12(10-14)19(13-8-9-23-17(21)11-13)16-7-2-1-6-15(16)18(22)24-19/h1-11H,(H2,22,24). The summed E-state index contributed by atoms with van der Waals surface area (Å²) in [5.41, 5.74) is 8.74. The minimum Gasteiger partial charge on any atom is -0.383 e. The molecule has 2 N–H and O–H groups in total. The van der Waals surface area contributed by atoms with Crippen LogP contribution in [0.15, 0.2) is 76.3 Å². The Labute approximate surface area is 147 Å². The Morgan fingerprint density at radius 2 is 1.75 bits per heavy atom. The fraction of sp³-hybridized carbons (Fsp3) is 0.0526. The molecule has 0 amide bonds. The molecule has 24 heavy (non-hydrogen) atoms. The van der Waals surface area contributed by atoms with E-state index < -0.39 is 11.5 Å².